The Labute approximate surface area is 171 Å². The van der Waals surface area contributed by atoms with Gasteiger partial charge in [-0.2, -0.15) is 11.8 Å². The number of unbranched alkanes of at least 4 members (excludes halogenated alkanes) is 2. The smallest absolute Gasteiger partial charge is 0.315 e. The highest BCUT2D eigenvalue weighted by molar-refractivity contribution is 8.00. The maximum absolute atomic E-state index is 12.4. The molecule has 9 heteroatoms. The molecule has 4 N–H and O–H groups in total. The highest BCUT2D eigenvalue weighted by Gasteiger charge is 2.42. The lowest BCUT2D eigenvalue weighted by Gasteiger charge is -2.17. The number of nitrogens with one attached hydrogen (secondary N) is 3. The Hall–Kier alpha value is -0.980. The maximum Gasteiger partial charge on any atom is 0.315 e. The average molecular weight is 430 g/mol. The molecule has 3 amide bonds. The van der Waals surface area contributed by atoms with Crippen LogP contribution in [0.1, 0.15) is 58.3 Å². The van der Waals surface area contributed by atoms with Crippen LogP contribution in [0.2, 0.25) is 0 Å². The van der Waals surface area contributed by atoms with Crippen molar-refractivity contribution in [2.45, 2.75) is 81.7 Å². The van der Waals surface area contributed by atoms with Crippen molar-refractivity contribution < 1.29 is 19.0 Å². The van der Waals surface area contributed by atoms with E-state index in [1.165, 1.54) is 0 Å². The number of thioether (sulfide) groups is 1. The SMILES string of the molecule is CCCCP(=O)(O)C1=CC[C@H](NC(=O)CCCC[C@H]2SC[C@H]3NC(=O)N[C@H]32)C1. The second-order valence-electron chi connectivity index (χ2n) is 8.05. The van der Waals surface area contributed by atoms with Crippen LogP contribution in [0.3, 0.4) is 0 Å². The van der Waals surface area contributed by atoms with Crippen molar-refractivity contribution in [3.8, 4) is 0 Å². The number of hydrogen-bond acceptors (Lipinski definition) is 4. The molecular formula is C19H32N3O4PS. The summed E-state index contributed by atoms with van der Waals surface area (Å²) in [7, 11) is -3.22. The van der Waals surface area contributed by atoms with E-state index in [-0.39, 0.29) is 30.1 Å². The van der Waals surface area contributed by atoms with Crippen LogP contribution < -0.4 is 16.0 Å². The normalized spacial score (nSPS) is 30.9. The Balaban J connectivity index is 1.30. The lowest BCUT2D eigenvalue weighted by molar-refractivity contribution is -0.121. The highest BCUT2D eigenvalue weighted by Crippen LogP contribution is 2.54. The standard InChI is InChI=1S/C19H32N3O4PS/c1-2-3-10-27(25,26)14-9-8-13(11-14)20-17(23)7-5-4-6-16-18-15(12-28-16)21-19(24)22-18/h9,13,15-16,18H,2-8,10-12H2,1H3,(H,20,23)(H,25,26)(H2,21,22,24)/t13-,15+,16+,18+/m0/s1. The predicted molar refractivity (Wildman–Crippen MR) is 113 cm³/mol. The third kappa shape index (κ3) is 5.55. The van der Waals surface area contributed by atoms with E-state index in [0.717, 1.165) is 37.9 Å². The van der Waals surface area contributed by atoms with Gasteiger partial charge in [0.25, 0.3) is 0 Å². The fourth-order valence-corrected chi connectivity index (χ4v) is 7.65. The van der Waals surface area contributed by atoms with Crippen molar-refractivity contribution in [1.82, 2.24) is 16.0 Å². The van der Waals surface area contributed by atoms with Crippen molar-refractivity contribution >= 4 is 31.1 Å². The zero-order chi connectivity index (χ0) is 20.1. The molecule has 1 unspecified atom stereocenters. The van der Waals surface area contributed by atoms with E-state index < -0.39 is 7.37 Å². The van der Waals surface area contributed by atoms with Crippen LogP contribution in [-0.2, 0) is 9.36 Å². The minimum absolute atomic E-state index is 0.0220. The summed E-state index contributed by atoms with van der Waals surface area (Å²) >= 11 is 1.89. The molecule has 0 radical (unpaired) electrons. The zero-order valence-corrected chi connectivity index (χ0v) is 18.2. The third-order valence-electron chi connectivity index (χ3n) is 5.80. The molecule has 2 fully saturated rings. The maximum atomic E-state index is 12.4. The van der Waals surface area contributed by atoms with E-state index in [1.54, 1.807) is 0 Å². The molecule has 3 aliphatic rings. The molecule has 0 saturated carbocycles. The summed E-state index contributed by atoms with van der Waals surface area (Å²) in [6, 6.07) is 0.354. The van der Waals surface area contributed by atoms with Crippen LogP contribution >= 0.6 is 19.1 Å². The molecule has 158 valence electrons. The summed E-state index contributed by atoms with van der Waals surface area (Å²) in [5.41, 5.74) is 0. The first-order chi connectivity index (χ1) is 13.4. The highest BCUT2D eigenvalue weighted by atomic mass is 32.2. The number of hydrogen-bond donors (Lipinski definition) is 4. The van der Waals surface area contributed by atoms with E-state index in [1.807, 2.05) is 24.8 Å². The Morgan fingerprint density at radius 2 is 2.18 bits per heavy atom. The van der Waals surface area contributed by atoms with Crippen LogP contribution in [0.25, 0.3) is 0 Å². The van der Waals surface area contributed by atoms with Gasteiger partial charge in [-0.25, -0.2) is 4.79 Å². The number of urea groups is 1. The molecule has 2 heterocycles. The lowest BCUT2D eigenvalue weighted by Crippen LogP contribution is -2.36. The van der Waals surface area contributed by atoms with Gasteiger partial charge in [0.1, 0.15) is 0 Å². The number of rotatable bonds is 10. The summed E-state index contributed by atoms with van der Waals surface area (Å²) in [4.78, 5) is 33.8. The van der Waals surface area contributed by atoms with E-state index in [2.05, 4.69) is 16.0 Å². The quantitative estimate of drug-likeness (QED) is 0.243. The Bertz CT molecular complexity index is 672. The first-order valence-electron chi connectivity index (χ1n) is 10.4. The van der Waals surface area contributed by atoms with Gasteiger partial charge in [0.2, 0.25) is 13.3 Å². The molecule has 3 rings (SSSR count). The average Bonchev–Trinajstić information content (AvgIpc) is 3.34. The Morgan fingerprint density at radius 1 is 1.36 bits per heavy atom. The van der Waals surface area contributed by atoms with Gasteiger partial charge in [0.05, 0.1) is 12.1 Å². The number of carbonyl (C=O) groups is 2. The van der Waals surface area contributed by atoms with E-state index in [0.29, 0.717) is 36.0 Å². The topological polar surface area (TPSA) is 108 Å². The summed E-state index contributed by atoms with van der Waals surface area (Å²) in [6.45, 7) is 2.01. The first kappa shape index (κ1) is 21.7. The summed E-state index contributed by atoms with van der Waals surface area (Å²) in [5, 5.41) is 10.0. The first-order valence-corrected chi connectivity index (χ1v) is 13.3. The minimum Gasteiger partial charge on any atom is -0.353 e. The monoisotopic (exact) mass is 429 g/mol. The molecule has 0 aromatic rings. The van der Waals surface area contributed by atoms with Gasteiger partial charge in [0, 0.05) is 34.9 Å². The molecular weight excluding hydrogens is 397 g/mol. The van der Waals surface area contributed by atoms with Crippen LogP contribution in [0, 0.1) is 0 Å². The van der Waals surface area contributed by atoms with Crippen molar-refractivity contribution in [3.05, 3.63) is 11.4 Å². The van der Waals surface area contributed by atoms with Crippen molar-refractivity contribution in [2.75, 3.05) is 11.9 Å². The van der Waals surface area contributed by atoms with Gasteiger partial charge in [-0.1, -0.05) is 25.8 Å². The summed E-state index contributed by atoms with van der Waals surface area (Å²) in [5.74, 6) is 0.979. The van der Waals surface area contributed by atoms with Crippen LogP contribution in [-0.4, -0.2) is 52.1 Å². The van der Waals surface area contributed by atoms with Crippen LogP contribution in [0.15, 0.2) is 11.4 Å². The zero-order valence-electron chi connectivity index (χ0n) is 16.5. The molecule has 1 aliphatic carbocycles. The lowest BCUT2D eigenvalue weighted by atomic mass is 10.0. The molecule has 28 heavy (non-hydrogen) atoms. The second kappa shape index (κ2) is 9.68. The van der Waals surface area contributed by atoms with Crippen molar-refractivity contribution in [3.63, 3.8) is 0 Å². The molecule has 7 nitrogen and oxygen atoms in total. The van der Waals surface area contributed by atoms with Crippen molar-refractivity contribution in [2.24, 2.45) is 0 Å². The molecule has 0 aromatic carbocycles. The predicted octanol–water partition coefficient (Wildman–Crippen LogP) is 2.95. The summed E-state index contributed by atoms with van der Waals surface area (Å²) < 4.78 is 12.4. The second-order valence-corrected chi connectivity index (χ2v) is 11.7. The van der Waals surface area contributed by atoms with Gasteiger partial charge >= 0.3 is 6.03 Å². The number of fused-ring (bicyclic) bond motifs is 1. The largest absolute Gasteiger partial charge is 0.353 e. The van der Waals surface area contributed by atoms with Gasteiger partial charge in [-0.3, -0.25) is 9.36 Å². The van der Waals surface area contributed by atoms with Gasteiger partial charge in [-0.05, 0) is 32.1 Å². The molecule has 2 aliphatic heterocycles. The molecule has 0 aromatic heterocycles. The Morgan fingerprint density at radius 3 is 2.96 bits per heavy atom. The van der Waals surface area contributed by atoms with Gasteiger partial charge in [-0.15, -0.1) is 0 Å². The van der Waals surface area contributed by atoms with Crippen LogP contribution in [0.5, 0.6) is 0 Å². The number of amides is 3. The van der Waals surface area contributed by atoms with E-state index >= 15 is 0 Å². The Kier molecular flexibility index (Phi) is 7.51. The van der Waals surface area contributed by atoms with Crippen molar-refractivity contribution in [1.29, 1.82) is 0 Å². The molecule has 2 saturated heterocycles. The van der Waals surface area contributed by atoms with Crippen LogP contribution in [0.4, 0.5) is 4.79 Å². The van der Waals surface area contributed by atoms with Gasteiger partial charge < -0.3 is 20.8 Å². The number of carbonyl (C=O) groups excluding carboxylic acids is 2. The molecule has 5 atom stereocenters. The van der Waals surface area contributed by atoms with Gasteiger partial charge in [0.15, 0.2) is 0 Å². The molecule has 0 spiro atoms. The third-order valence-corrected chi connectivity index (χ3v) is 9.50. The molecule has 0 bridgehead atoms. The van der Waals surface area contributed by atoms with E-state index in [9.17, 15) is 19.0 Å². The fraction of sp³-hybridized carbons (Fsp3) is 0.789. The minimum atomic E-state index is -3.22. The fourth-order valence-electron chi connectivity index (χ4n) is 4.18. The van der Waals surface area contributed by atoms with E-state index in [4.69, 9.17) is 0 Å². The summed E-state index contributed by atoms with van der Waals surface area (Å²) in [6.07, 6.45) is 8.25.